The van der Waals surface area contributed by atoms with Gasteiger partial charge in [0.05, 0.1) is 33.5 Å². The van der Waals surface area contributed by atoms with Crippen molar-refractivity contribution in [2.24, 2.45) is 10.9 Å². The van der Waals surface area contributed by atoms with Gasteiger partial charge in [0.25, 0.3) is 0 Å². The Bertz CT molecular complexity index is 606. The van der Waals surface area contributed by atoms with Crippen molar-refractivity contribution >= 4 is 5.96 Å². The van der Waals surface area contributed by atoms with Crippen LogP contribution in [0.3, 0.4) is 0 Å². The highest BCUT2D eigenvalue weighted by molar-refractivity contribution is 5.79. The summed E-state index contributed by atoms with van der Waals surface area (Å²) in [5.41, 5.74) is 1.01. The highest BCUT2D eigenvalue weighted by Gasteiger charge is 2.15. The summed E-state index contributed by atoms with van der Waals surface area (Å²) in [6, 6.07) is 5.69. The van der Waals surface area contributed by atoms with E-state index in [-0.39, 0.29) is 13.2 Å². The summed E-state index contributed by atoms with van der Waals surface area (Å²) < 4.78 is 21.9. The van der Waals surface area contributed by atoms with Gasteiger partial charge in [-0.2, -0.15) is 0 Å². The van der Waals surface area contributed by atoms with Crippen molar-refractivity contribution in [3.05, 3.63) is 23.8 Å². The molecule has 0 aromatic heterocycles. The predicted octanol–water partition coefficient (Wildman–Crippen LogP) is 1.56. The van der Waals surface area contributed by atoms with Gasteiger partial charge in [0, 0.05) is 32.2 Å². The number of methoxy groups -OCH3 is 1. The number of nitrogens with one attached hydrogen (secondary N) is 2. The predicted molar refractivity (Wildman–Crippen MR) is 113 cm³/mol. The number of nitrogens with zero attached hydrogens (tertiary/aromatic N) is 1. The molecule has 0 amide bonds. The maximum atomic E-state index is 8.90. The summed E-state index contributed by atoms with van der Waals surface area (Å²) in [4.78, 5) is 4.63. The van der Waals surface area contributed by atoms with E-state index in [0.717, 1.165) is 63.9 Å². The van der Waals surface area contributed by atoms with Gasteiger partial charge in [0.2, 0.25) is 0 Å². The van der Waals surface area contributed by atoms with Crippen LogP contribution < -0.4 is 20.1 Å². The number of guanidine groups is 1. The molecule has 1 aromatic carbocycles. The van der Waals surface area contributed by atoms with Crippen LogP contribution in [0.25, 0.3) is 0 Å². The lowest BCUT2D eigenvalue weighted by Crippen LogP contribution is -2.38. The van der Waals surface area contributed by atoms with Crippen molar-refractivity contribution in [1.29, 1.82) is 0 Å². The Morgan fingerprint density at radius 1 is 1.28 bits per heavy atom. The van der Waals surface area contributed by atoms with Gasteiger partial charge in [0.1, 0.15) is 6.61 Å². The van der Waals surface area contributed by atoms with E-state index < -0.39 is 0 Å². The molecule has 164 valence electrons. The van der Waals surface area contributed by atoms with E-state index in [2.05, 4.69) is 15.6 Å². The highest BCUT2D eigenvalue weighted by atomic mass is 16.5. The number of hydrogen-bond acceptors (Lipinski definition) is 6. The Labute approximate surface area is 173 Å². The normalized spacial score (nSPS) is 16.7. The van der Waals surface area contributed by atoms with Crippen LogP contribution in [0.15, 0.2) is 23.2 Å². The van der Waals surface area contributed by atoms with E-state index >= 15 is 0 Å². The second-order valence-electron chi connectivity index (χ2n) is 6.84. The standard InChI is InChI=1S/C21H35N3O5/c1-3-22-21(23-8-4-10-27-15-18-7-11-28-16-18)24-14-17-5-6-19(29-12-9-25)20(13-17)26-2/h5-6,13,18,25H,3-4,7-12,14-16H2,1-2H3,(H2,22,23,24). The third-order valence-corrected chi connectivity index (χ3v) is 4.48. The first-order valence-corrected chi connectivity index (χ1v) is 10.3. The maximum Gasteiger partial charge on any atom is 0.191 e. The molecule has 1 fully saturated rings. The number of aliphatic hydroxyl groups excluding tert-OH is 1. The van der Waals surface area contributed by atoms with E-state index in [1.165, 1.54) is 0 Å². The molecule has 0 bridgehead atoms. The zero-order valence-corrected chi connectivity index (χ0v) is 17.6. The smallest absolute Gasteiger partial charge is 0.191 e. The molecule has 0 radical (unpaired) electrons. The maximum absolute atomic E-state index is 8.90. The number of aliphatic imine (C=N–C) groups is 1. The molecule has 0 aliphatic carbocycles. The van der Waals surface area contributed by atoms with Crippen molar-refractivity contribution in [3.63, 3.8) is 0 Å². The molecule has 1 atom stereocenters. The van der Waals surface area contributed by atoms with Gasteiger partial charge in [0.15, 0.2) is 17.5 Å². The molecule has 1 aliphatic rings. The lowest BCUT2D eigenvalue weighted by Gasteiger charge is -2.13. The summed E-state index contributed by atoms with van der Waals surface area (Å²) in [5, 5.41) is 15.5. The minimum Gasteiger partial charge on any atom is -0.493 e. The second-order valence-corrected chi connectivity index (χ2v) is 6.84. The van der Waals surface area contributed by atoms with Crippen LogP contribution in [0, 0.1) is 5.92 Å². The fourth-order valence-corrected chi connectivity index (χ4v) is 2.94. The zero-order valence-electron chi connectivity index (χ0n) is 17.6. The quantitative estimate of drug-likeness (QED) is 0.259. The Balaban J connectivity index is 1.75. The van der Waals surface area contributed by atoms with Gasteiger partial charge in [-0.3, -0.25) is 0 Å². The van der Waals surface area contributed by atoms with Gasteiger partial charge in [-0.25, -0.2) is 4.99 Å². The van der Waals surface area contributed by atoms with Crippen molar-refractivity contribution in [2.45, 2.75) is 26.3 Å². The molecule has 3 N–H and O–H groups in total. The first kappa shape index (κ1) is 23.3. The molecule has 1 unspecified atom stereocenters. The minimum absolute atomic E-state index is 0.0348. The minimum atomic E-state index is -0.0348. The van der Waals surface area contributed by atoms with Gasteiger partial charge in [-0.05, 0) is 37.5 Å². The van der Waals surface area contributed by atoms with Crippen LogP contribution in [0.5, 0.6) is 11.5 Å². The van der Waals surface area contributed by atoms with Crippen LogP contribution in [-0.4, -0.2) is 70.9 Å². The first-order valence-electron chi connectivity index (χ1n) is 10.3. The van der Waals surface area contributed by atoms with Crippen molar-refractivity contribution < 1.29 is 24.1 Å². The van der Waals surface area contributed by atoms with Gasteiger partial charge < -0.3 is 34.7 Å². The monoisotopic (exact) mass is 409 g/mol. The van der Waals surface area contributed by atoms with E-state index in [1.54, 1.807) is 7.11 Å². The molecule has 0 spiro atoms. The Hall–Kier alpha value is -2.03. The summed E-state index contributed by atoms with van der Waals surface area (Å²) in [5.74, 6) is 2.58. The highest BCUT2D eigenvalue weighted by Crippen LogP contribution is 2.28. The van der Waals surface area contributed by atoms with Crippen LogP contribution in [0.2, 0.25) is 0 Å². The zero-order chi connectivity index (χ0) is 20.7. The lowest BCUT2D eigenvalue weighted by atomic mass is 10.1. The molecular formula is C21H35N3O5. The van der Waals surface area contributed by atoms with Crippen molar-refractivity contribution in [3.8, 4) is 11.5 Å². The van der Waals surface area contributed by atoms with Gasteiger partial charge >= 0.3 is 0 Å². The van der Waals surface area contributed by atoms with Crippen LogP contribution in [0.1, 0.15) is 25.3 Å². The Morgan fingerprint density at radius 2 is 2.17 bits per heavy atom. The van der Waals surface area contributed by atoms with Gasteiger partial charge in [-0.15, -0.1) is 0 Å². The van der Waals surface area contributed by atoms with Gasteiger partial charge in [-0.1, -0.05) is 6.07 Å². The fourth-order valence-electron chi connectivity index (χ4n) is 2.94. The van der Waals surface area contributed by atoms with Crippen molar-refractivity contribution in [2.75, 3.05) is 59.8 Å². The molecule has 1 aromatic rings. The molecule has 8 heteroatoms. The third kappa shape index (κ3) is 8.89. The summed E-state index contributed by atoms with van der Waals surface area (Å²) >= 11 is 0. The number of hydrogen-bond donors (Lipinski definition) is 3. The first-order chi connectivity index (χ1) is 14.3. The Morgan fingerprint density at radius 3 is 2.90 bits per heavy atom. The number of ether oxygens (including phenoxy) is 4. The average molecular weight is 410 g/mol. The summed E-state index contributed by atoms with van der Waals surface area (Å²) in [6.07, 6.45) is 2.03. The molecule has 8 nitrogen and oxygen atoms in total. The van der Waals surface area contributed by atoms with E-state index in [4.69, 9.17) is 24.1 Å². The third-order valence-electron chi connectivity index (χ3n) is 4.48. The van der Waals surface area contributed by atoms with E-state index in [9.17, 15) is 0 Å². The molecule has 29 heavy (non-hydrogen) atoms. The number of benzene rings is 1. The molecule has 1 heterocycles. The summed E-state index contributed by atoms with van der Waals surface area (Å²) in [6.45, 7) is 7.56. The van der Waals surface area contributed by atoms with E-state index in [0.29, 0.717) is 24.0 Å². The number of aliphatic hydroxyl groups is 1. The average Bonchev–Trinajstić information content (AvgIpc) is 3.26. The van der Waals surface area contributed by atoms with Crippen LogP contribution in [-0.2, 0) is 16.0 Å². The summed E-state index contributed by atoms with van der Waals surface area (Å²) in [7, 11) is 1.60. The Kier molecular flexibility index (Phi) is 11.3. The second kappa shape index (κ2) is 14.0. The molecule has 1 aliphatic heterocycles. The van der Waals surface area contributed by atoms with Crippen molar-refractivity contribution in [1.82, 2.24) is 10.6 Å². The topological polar surface area (TPSA) is 93.6 Å². The number of rotatable bonds is 13. The molecule has 1 saturated heterocycles. The lowest BCUT2D eigenvalue weighted by molar-refractivity contribution is 0.0888. The van der Waals surface area contributed by atoms with E-state index in [1.807, 2.05) is 25.1 Å². The fraction of sp³-hybridized carbons (Fsp3) is 0.667. The SMILES string of the molecule is CCNC(=NCc1ccc(OCCO)c(OC)c1)NCCCOCC1CCOC1. The molecule has 0 saturated carbocycles. The molecule has 2 rings (SSSR count). The van der Waals surface area contributed by atoms with Crippen LogP contribution in [0.4, 0.5) is 0 Å². The molecular weight excluding hydrogens is 374 g/mol. The van der Waals surface area contributed by atoms with Crippen LogP contribution >= 0.6 is 0 Å². The largest absolute Gasteiger partial charge is 0.493 e.